The summed E-state index contributed by atoms with van der Waals surface area (Å²) in [5.74, 6) is 0.619. The van der Waals surface area contributed by atoms with Crippen LogP contribution in [0.15, 0.2) is 71.2 Å². The molecule has 6 heteroatoms. The van der Waals surface area contributed by atoms with Crippen molar-refractivity contribution in [1.82, 2.24) is 5.32 Å². The van der Waals surface area contributed by atoms with Gasteiger partial charge in [0.05, 0.1) is 12.7 Å². The normalized spacial score (nSPS) is 12.6. The predicted molar refractivity (Wildman–Crippen MR) is 113 cm³/mol. The average Bonchev–Trinajstić information content (AvgIpc) is 2.71. The van der Waals surface area contributed by atoms with Crippen LogP contribution >= 0.6 is 15.9 Å². The zero-order valence-corrected chi connectivity index (χ0v) is 17.6. The van der Waals surface area contributed by atoms with E-state index in [4.69, 9.17) is 4.74 Å². The minimum atomic E-state index is -4.35. The summed E-state index contributed by atoms with van der Waals surface area (Å²) in [6.45, 7) is 2.70. The van der Waals surface area contributed by atoms with Crippen LogP contribution in [0.25, 0.3) is 11.1 Å². The Hall–Kier alpha value is -2.31. The summed E-state index contributed by atoms with van der Waals surface area (Å²) in [6.07, 6.45) is -4.35. The van der Waals surface area contributed by atoms with Crippen molar-refractivity contribution < 1.29 is 17.9 Å². The molecule has 0 spiro atoms. The van der Waals surface area contributed by atoms with E-state index in [0.29, 0.717) is 17.9 Å². The van der Waals surface area contributed by atoms with E-state index < -0.39 is 11.7 Å². The molecule has 0 amide bonds. The first kappa shape index (κ1) is 21.4. The number of hydrogen-bond acceptors (Lipinski definition) is 2. The average molecular weight is 464 g/mol. The molecule has 152 valence electrons. The van der Waals surface area contributed by atoms with E-state index in [1.807, 2.05) is 30.3 Å². The molecular formula is C23H21BrF3NO. The van der Waals surface area contributed by atoms with Crippen molar-refractivity contribution in [3.8, 4) is 16.9 Å². The molecule has 0 aromatic heterocycles. The Kier molecular flexibility index (Phi) is 6.65. The second-order valence-corrected chi connectivity index (χ2v) is 7.68. The zero-order valence-electron chi connectivity index (χ0n) is 16.1. The van der Waals surface area contributed by atoms with Gasteiger partial charge in [0.1, 0.15) is 5.75 Å². The molecule has 1 N–H and O–H groups in total. The van der Waals surface area contributed by atoms with Crippen LogP contribution in [0.4, 0.5) is 13.2 Å². The lowest BCUT2D eigenvalue weighted by molar-refractivity contribution is -0.137. The molecule has 3 rings (SSSR count). The zero-order chi connectivity index (χ0) is 21.0. The second-order valence-electron chi connectivity index (χ2n) is 6.77. The maximum absolute atomic E-state index is 12.8. The largest absolute Gasteiger partial charge is 0.496 e. The Morgan fingerprint density at radius 1 is 1.00 bits per heavy atom. The molecular weight excluding hydrogens is 443 g/mol. The second kappa shape index (κ2) is 9.01. The third kappa shape index (κ3) is 5.40. The van der Waals surface area contributed by atoms with Crippen molar-refractivity contribution >= 4 is 15.9 Å². The van der Waals surface area contributed by atoms with E-state index in [1.165, 1.54) is 12.1 Å². The molecule has 0 fully saturated rings. The van der Waals surface area contributed by atoms with Crippen LogP contribution in [0.3, 0.4) is 0 Å². The molecule has 3 aromatic carbocycles. The molecule has 0 saturated heterocycles. The molecule has 0 unspecified atom stereocenters. The number of hydrogen-bond donors (Lipinski definition) is 1. The SMILES string of the molecule is COc1ccc(CN[C@H](C)c2cccc(Br)c2)cc1-c1ccc(C(F)(F)F)cc1. The van der Waals surface area contributed by atoms with Crippen molar-refractivity contribution in [2.75, 3.05) is 7.11 Å². The number of methoxy groups -OCH3 is 1. The van der Waals surface area contributed by atoms with E-state index in [9.17, 15) is 13.2 Å². The fourth-order valence-electron chi connectivity index (χ4n) is 3.09. The van der Waals surface area contributed by atoms with Gasteiger partial charge in [-0.15, -0.1) is 0 Å². The first-order valence-corrected chi connectivity index (χ1v) is 9.90. The van der Waals surface area contributed by atoms with Gasteiger partial charge in [-0.05, 0) is 60.0 Å². The lowest BCUT2D eigenvalue weighted by Gasteiger charge is -2.16. The van der Waals surface area contributed by atoms with Gasteiger partial charge in [0.2, 0.25) is 0 Å². The lowest BCUT2D eigenvalue weighted by Crippen LogP contribution is -2.18. The fraction of sp³-hybridized carbons (Fsp3) is 0.217. The predicted octanol–water partition coefficient (Wildman–Crippen LogP) is 6.99. The summed E-state index contributed by atoms with van der Waals surface area (Å²) in [6, 6.07) is 19.1. The summed E-state index contributed by atoms with van der Waals surface area (Å²) in [4.78, 5) is 0. The van der Waals surface area contributed by atoms with Gasteiger partial charge in [-0.2, -0.15) is 13.2 Å². The Labute approximate surface area is 176 Å². The number of alkyl halides is 3. The van der Waals surface area contributed by atoms with Gasteiger partial charge in [-0.25, -0.2) is 0 Å². The van der Waals surface area contributed by atoms with Gasteiger partial charge in [0.15, 0.2) is 0 Å². The highest BCUT2D eigenvalue weighted by Gasteiger charge is 2.30. The van der Waals surface area contributed by atoms with Crippen LogP contribution in [-0.4, -0.2) is 7.11 Å². The molecule has 0 aliphatic heterocycles. The maximum atomic E-state index is 12.8. The molecule has 0 aliphatic carbocycles. The summed E-state index contributed by atoms with van der Waals surface area (Å²) in [7, 11) is 1.55. The van der Waals surface area contributed by atoms with E-state index >= 15 is 0 Å². The van der Waals surface area contributed by atoms with Crippen LogP contribution in [0.1, 0.15) is 29.7 Å². The Bertz CT molecular complexity index is 971. The van der Waals surface area contributed by atoms with Crippen molar-refractivity contribution in [1.29, 1.82) is 0 Å². The molecule has 2 nitrogen and oxygen atoms in total. The Morgan fingerprint density at radius 3 is 2.34 bits per heavy atom. The van der Waals surface area contributed by atoms with Crippen LogP contribution < -0.4 is 10.1 Å². The van der Waals surface area contributed by atoms with Crippen LogP contribution in [0.2, 0.25) is 0 Å². The minimum Gasteiger partial charge on any atom is -0.496 e. The molecule has 3 aromatic rings. The first-order chi connectivity index (χ1) is 13.8. The standard InChI is InChI=1S/C23H21BrF3NO/c1-15(18-4-3-5-20(24)13-18)28-14-16-6-11-22(29-2)21(12-16)17-7-9-19(10-8-17)23(25,26)27/h3-13,15,28H,14H2,1-2H3/t15-/m1/s1. The van der Waals surface area contributed by atoms with Gasteiger partial charge >= 0.3 is 6.18 Å². The molecule has 1 atom stereocenters. The monoisotopic (exact) mass is 463 g/mol. The smallest absolute Gasteiger partial charge is 0.416 e. The first-order valence-electron chi connectivity index (χ1n) is 9.11. The van der Waals surface area contributed by atoms with E-state index in [-0.39, 0.29) is 6.04 Å². The van der Waals surface area contributed by atoms with Gasteiger partial charge < -0.3 is 10.1 Å². The number of nitrogens with one attached hydrogen (secondary N) is 1. The molecule has 29 heavy (non-hydrogen) atoms. The van der Waals surface area contributed by atoms with Crippen molar-refractivity contribution in [2.45, 2.75) is 25.7 Å². The van der Waals surface area contributed by atoms with Gasteiger partial charge in [0.25, 0.3) is 0 Å². The molecule has 0 aliphatic rings. The van der Waals surface area contributed by atoms with Gasteiger partial charge in [0, 0.05) is 22.6 Å². The van der Waals surface area contributed by atoms with E-state index in [1.54, 1.807) is 7.11 Å². The van der Waals surface area contributed by atoms with Crippen molar-refractivity contribution in [3.05, 3.63) is 87.9 Å². The number of rotatable bonds is 6. The molecule has 0 bridgehead atoms. The number of halogens is 4. The quantitative estimate of drug-likeness (QED) is 0.425. The summed E-state index contributed by atoms with van der Waals surface area (Å²) < 4.78 is 44.9. The highest BCUT2D eigenvalue weighted by molar-refractivity contribution is 9.10. The summed E-state index contributed by atoms with van der Waals surface area (Å²) in [5.41, 5.74) is 2.95. The third-order valence-corrected chi connectivity index (χ3v) is 5.24. The fourth-order valence-corrected chi connectivity index (χ4v) is 3.51. The summed E-state index contributed by atoms with van der Waals surface area (Å²) >= 11 is 3.48. The van der Waals surface area contributed by atoms with Gasteiger partial charge in [-0.3, -0.25) is 0 Å². The lowest BCUT2D eigenvalue weighted by atomic mass is 10.00. The summed E-state index contributed by atoms with van der Waals surface area (Å²) in [5, 5.41) is 3.48. The van der Waals surface area contributed by atoms with E-state index in [0.717, 1.165) is 33.3 Å². The Balaban J connectivity index is 1.80. The minimum absolute atomic E-state index is 0.143. The topological polar surface area (TPSA) is 21.3 Å². The molecule has 0 saturated carbocycles. The maximum Gasteiger partial charge on any atom is 0.416 e. The highest BCUT2D eigenvalue weighted by atomic mass is 79.9. The van der Waals surface area contributed by atoms with Crippen LogP contribution in [-0.2, 0) is 12.7 Å². The number of ether oxygens (including phenoxy) is 1. The van der Waals surface area contributed by atoms with Crippen LogP contribution in [0, 0.1) is 0 Å². The molecule has 0 heterocycles. The van der Waals surface area contributed by atoms with Crippen molar-refractivity contribution in [2.24, 2.45) is 0 Å². The third-order valence-electron chi connectivity index (χ3n) is 4.75. The number of benzene rings is 3. The molecule has 0 radical (unpaired) electrons. The van der Waals surface area contributed by atoms with Gasteiger partial charge in [-0.1, -0.05) is 46.3 Å². The van der Waals surface area contributed by atoms with Crippen molar-refractivity contribution in [3.63, 3.8) is 0 Å². The highest BCUT2D eigenvalue weighted by Crippen LogP contribution is 2.34. The van der Waals surface area contributed by atoms with E-state index in [2.05, 4.69) is 40.3 Å². The van der Waals surface area contributed by atoms with Crippen LogP contribution in [0.5, 0.6) is 5.75 Å². The Morgan fingerprint density at radius 2 is 1.72 bits per heavy atom.